The van der Waals surface area contributed by atoms with Crippen molar-refractivity contribution in [1.29, 1.82) is 0 Å². The number of aromatic nitrogens is 1. The maximum Gasteiger partial charge on any atom is 0.232 e. The van der Waals surface area contributed by atoms with Crippen molar-refractivity contribution >= 4 is 11.6 Å². The van der Waals surface area contributed by atoms with Crippen molar-refractivity contribution in [3.63, 3.8) is 0 Å². The van der Waals surface area contributed by atoms with Crippen LogP contribution >= 0.6 is 11.6 Å². The Morgan fingerprint density at radius 3 is 2.94 bits per heavy atom. The van der Waals surface area contributed by atoms with E-state index in [4.69, 9.17) is 16.3 Å². The predicted octanol–water partition coefficient (Wildman–Crippen LogP) is 1.47. The van der Waals surface area contributed by atoms with E-state index in [1.165, 1.54) is 0 Å². The van der Waals surface area contributed by atoms with Gasteiger partial charge in [-0.05, 0) is 12.1 Å². The summed E-state index contributed by atoms with van der Waals surface area (Å²) in [5, 5.41) is 13.2. The SMILES string of the molecule is CC(C)NCC(O)COc1ncccc1Cl. The summed E-state index contributed by atoms with van der Waals surface area (Å²) in [5.74, 6) is 0.354. The van der Waals surface area contributed by atoms with Gasteiger partial charge in [0.05, 0.1) is 0 Å². The van der Waals surface area contributed by atoms with E-state index in [1.54, 1.807) is 18.3 Å². The van der Waals surface area contributed by atoms with Crippen LogP contribution in [0.4, 0.5) is 0 Å². The Balaban J connectivity index is 2.31. The van der Waals surface area contributed by atoms with E-state index in [9.17, 15) is 5.11 Å². The van der Waals surface area contributed by atoms with Crippen LogP contribution in [0, 0.1) is 0 Å². The summed E-state index contributed by atoms with van der Waals surface area (Å²) in [6.07, 6.45) is 1.03. The Morgan fingerprint density at radius 1 is 1.56 bits per heavy atom. The minimum atomic E-state index is -0.569. The van der Waals surface area contributed by atoms with Crippen molar-refractivity contribution in [3.05, 3.63) is 23.4 Å². The van der Waals surface area contributed by atoms with Crippen molar-refractivity contribution in [2.75, 3.05) is 13.2 Å². The van der Waals surface area contributed by atoms with Crippen molar-refractivity contribution in [3.8, 4) is 5.88 Å². The number of aliphatic hydroxyl groups is 1. The molecular formula is C11H17ClN2O2. The molecule has 1 aromatic rings. The lowest BCUT2D eigenvalue weighted by Gasteiger charge is -2.14. The third kappa shape index (κ3) is 4.79. The van der Waals surface area contributed by atoms with Gasteiger partial charge < -0.3 is 15.2 Å². The van der Waals surface area contributed by atoms with Gasteiger partial charge in [0.1, 0.15) is 17.7 Å². The van der Waals surface area contributed by atoms with Gasteiger partial charge in [0, 0.05) is 18.8 Å². The summed E-state index contributed by atoms with van der Waals surface area (Å²) >= 11 is 5.85. The van der Waals surface area contributed by atoms with Gasteiger partial charge in [0.25, 0.3) is 0 Å². The quantitative estimate of drug-likeness (QED) is 0.796. The molecule has 1 rings (SSSR count). The van der Waals surface area contributed by atoms with Gasteiger partial charge in [-0.1, -0.05) is 25.4 Å². The van der Waals surface area contributed by atoms with Gasteiger partial charge >= 0.3 is 0 Å². The molecule has 0 fully saturated rings. The summed E-state index contributed by atoms with van der Waals surface area (Å²) in [7, 11) is 0. The van der Waals surface area contributed by atoms with Crippen molar-refractivity contribution in [1.82, 2.24) is 10.3 Å². The molecule has 0 aliphatic carbocycles. The Morgan fingerprint density at radius 2 is 2.31 bits per heavy atom. The molecule has 0 amide bonds. The molecule has 1 heterocycles. The van der Waals surface area contributed by atoms with E-state index in [0.717, 1.165) is 0 Å². The predicted molar refractivity (Wildman–Crippen MR) is 63.9 cm³/mol. The second-order valence-electron chi connectivity index (χ2n) is 3.82. The third-order valence-corrected chi connectivity index (χ3v) is 2.19. The van der Waals surface area contributed by atoms with Crippen LogP contribution in [0.15, 0.2) is 18.3 Å². The molecule has 90 valence electrons. The van der Waals surface area contributed by atoms with Crippen molar-refractivity contribution in [2.45, 2.75) is 26.0 Å². The van der Waals surface area contributed by atoms with Gasteiger partial charge in [-0.3, -0.25) is 0 Å². The molecular weight excluding hydrogens is 228 g/mol. The van der Waals surface area contributed by atoms with Crippen LogP contribution in [-0.4, -0.2) is 35.4 Å². The highest BCUT2D eigenvalue weighted by Gasteiger charge is 2.08. The number of hydrogen-bond donors (Lipinski definition) is 2. The average molecular weight is 245 g/mol. The molecule has 0 spiro atoms. The molecule has 1 atom stereocenters. The highest BCUT2D eigenvalue weighted by Crippen LogP contribution is 2.19. The molecule has 16 heavy (non-hydrogen) atoms. The fourth-order valence-corrected chi connectivity index (χ4v) is 1.26. The minimum absolute atomic E-state index is 0.177. The first kappa shape index (κ1) is 13.2. The largest absolute Gasteiger partial charge is 0.474 e. The number of halogens is 1. The van der Waals surface area contributed by atoms with Gasteiger partial charge in [-0.2, -0.15) is 0 Å². The molecule has 1 unspecified atom stereocenters. The van der Waals surface area contributed by atoms with E-state index in [0.29, 0.717) is 23.5 Å². The number of aliphatic hydroxyl groups excluding tert-OH is 1. The summed E-state index contributed by atoms with van der Waals surface area (Å²) in [4.78, 5) is 3.96. The molecule has 0 saturated heterocycles. The van der Waals surface area contributed by atoms with E-state index in [1.807, 2.05) is 13.8 Å². The Bertz CT molecular complexity index is 321. The van der Waals surface area contributed by atoms with Gasteiger partial charge in [-0.25, -0.2) is 4.98 Å². The van der Waals surface area contributed by atoms with Gasteiger partial charge in [-0.15, -0.1) is 0 Å². The summed E-state index contributed by atoms with van der Waals surface area (Å²) in [6, 6.07) is 3.77. The molecule has 0 aliphatic rings. The van der Waals surface area contributed by atoms with E-state index in [-0.39, 0.29) is 6.61 Å². The summed E-state index contributed by atoms with van der Waals surface area (Å²) in [5.41, 5.74) is 0. The first-order valence-electron chi connectivity index (χ1n) is 5.24. The molecule has 1 aromatic heterocycles. The Labute approximate surface area is 101 Å². The second kappa shape index (κ2) is 6.68. The lowest BCUT2D eigenvalue weighted by Crippen LogP contribution is -2.35. The first-order valence-corrected chi connectivity index (χ1v) is 5.62. The van der Waals surface area contributed by atoms with Crippen LogP contribution in [0.2, 0.25) is 5.02 Å². The molecule has 4 nitrogen and oxygen atoms in total. The monoisotopic (exact) mass is 244 g/mol. The van der Waals surface area contributed by atoms with Gasteiger partial charge in [0.15, 0.2) is 0 Å². The number of pyridine rings is 1. The minimum Gasteiger partial charge on any atom is -0.474 e. The maximum atomic E-state index is 9.59. The molecule has 0 radical (unpaired) electrons. The van der Waals surface area contributed by atoms with E-state index < -0.39 is 6.10 Å². The molecule has 0 aliphatic heterocycles. The van der Waals surface area contributed by atoms with Crippen molar-refractivity contribution in [2.24, 2.45) is 0 Å². The highest BCUT2D eigenvalue weighted by atomic mass is 35.5. The average Bonchev–Trinajstić information content (AvgIpc) is 2.25. The fourth-order valence-electron chi connectivity index (χ4n) is 1.08. The zero-order valence-electron chi connectivity index (χ0n) is 9.48. The Hall–Kier alpha value is -0.840. The smallest absolute Gasteiger partial charge is 0.232 e. The van der Waals surface area contributed by atoms with Gasteiger partial charge in [0.2, 0.25) is 5.88 Å². The highest BCUT2D eigenvalue weighted by molar-refractivity contribution is 6.31. The topological polar surface area (TPSA) is 54.4 Å². The number of hydrogen-bond acceptors (Lipinski definition) is 4. The van der Waals surface area contributed by atoms with E-state index in [2.05, 4.69) is 10.3 Å². The van der Waals surface area contributed by atoms with Crippen LogP contribution < -0.4 is 10.1 Å². The normalized spacial score (nSPS) is 12.8. The molecule has 5 heteroatoms. The zero-order valence-corrected chi connectivity index (χ0v) is 10.2. The van der Waals surface area contributed by atoms with Crippen LogP contribution in [-0.2, 0) is 0 Å². The number of ether oxygens (including phenoxy) is 1. The third-order valence-electron chi connectivity index (χ3n) is 1.90. The van der Waals surface area contributed by atoms with Crippen LogP contribution in [0.5, 0.6) is 5.88 Å². The second-order valence-corrected chi connectivity index (χ2v) is 4.23. The maximum absolute atomic E-state index is 9.59. The molecule has 0 bridgehead atoms. The summed E-state index contributed by atoms with van der Waals surface area (Å²) < 4.78 is 5.30. The standard InChI is InChI=1S/C11H17ClN2O2/c1-8(2)14-6-9(15)7-16-11-10(12)4-3-5-13-11/h3-5,8-9,14-15H,6-7H2,1-2H3. The summed E-state index contributed by atoms with van der Waals surface area (Å²) in [6.45, 7) is 4.70. The van der Waals surface area contributed by atoms with Crippen LogP contribution in [0.1, 0.15) is 13.8 Å². The van der Waals surface area contributed by atoms with Crippen LogP contribution in [0.25, 0.3) is 0 Å². The molecule has 0 aromatic carbocycles. The molecule has 0 saturated carbocycles. The Kier molecular flexibility index (Phi) is 5.52. The molecule has 2 N–H and O–H groups in total. The number of nitrogens with one attached hydrogen (secondary N) is 1. The number of nitrogens with zero attached hydrogens (tertiary/aromatic N) is 1. The van der Waals surface area contributed by atoms with E-state index >= 15 is 0 Å². The van der Waals surface area contributed by atoms with Crippen molar-refractivity contribution < 1.29 is 9.84 Å². The zero-order chi connectivity index (χ0) is 12.0. The fraction of sp³-hybridized carbons (Fsp3) is 0.545. The number of rotatable bonds is 6. The first-order chi connectivity index (χ1) is 7.59. The van der Waals surface area contributed by atoms with Crippen LogP contribution in [0.3, 0.4) is 0 Å². The lowest BCUT2D eigenvalue weighted by atomic mass is 10.3. The lowest BCUT2D eigenvalue weighted by molar-refractivity contribution is 0.102.